The molecule has 1 aromatic carbocycles. The van der Waals surface area contributed by atoms with Gasteiger partial charge in [0.25, 0.3) is 0 Å². The van der Waals surface area contributed by atoms with Crippen LogP contribution < -0.4 is 5.32 Å². The van der Waals surface area contributed by atoms with E-state index >= 15 is 0 Å². The number of nitrogens with one attached hydrogen (secondary N) is 1. The van der Waals surface area contributed by atoms with E-state index in [-0.39, 0.29) is 5.97 Å². The highest BCUT2D eigenvalue weighted by molar-refractivity contribution is 6.31. The first-order chi connectivity index (χ1) is 9.01. The lowest BCUT2D eigenvalue weighted by Gasteiger charge is -2.39. The van der Waals surface area contributed by atoms with Crippen LogP contribution >= 0.6 is 11.6 Å². The van der Waals surface area contributed by atoms with Gasteiger partial charge in [-0.05, 0) is 42.9 Å². The second-order valence-corrected chi connectivity index (χ2v) is 5.93. The Morgan fingerprint density at radius 1 is 1.42 bits per heavy atom. The third-order valence-corrected chi connectivity index (χ3v) is 4.10. The number of halogens is 1. The summed E-state index contributed by atoms with van der Waals surface area (Å²) in [6.45, 7) is 4.51. The molecule has 0 spiro atoms. The van der Waals surface area contributed by atoms with Gasteiger partial charge in [0.2, 0.25) is 0 Å². The van der Waals surface area contributed by atoms with E-state index in [1.165, 1.54) is 7.11 Å². The van der Waals surface area contributed by atoms with E-state index in [0.29, 0.717) is 16.6 Å². The summed E-state index contributed by atoms with van der Waals surface area (Å²) in [5.74, 6) is 1.15. The molecule has 1 N–H and O–H groups in total. The first kappa shape index (κ1) is 14.2. The molecule has 1 aliphatic carbocycles. The van der Waals surface area contributed by atoms with Crippen molar-refractivity contribution in [1.29, 1.82) is 0 Å². The van der Waals surface area contributed by atoms with Crippen LogP contribution in [0.4, 0.5) is 5.69 Å². The molecular weight excluding hydrogens is 262 g/mol. The summed E-state index contributed by atoms with van der Waals surface area (Å²) in [6.07, 6.45) is 2.31. The van der Waals surface area contributed by atoms with Crippen LogP contribution in [-0.2, 0) is 4.74 Å². The minimum Gasteiger partial charge on any atom is -0.465 e. The molecule has 3 nitrogen and oxygen atoms in total. The fourth-order valence-electron chi connectivity index (χ4n) is 2.47. The Balaban J connectivity index is 2.07. The zero-order chi connectivity index (χ0) is 14.0. The molecule has 0 amide bonds. The molecular formula is C15H20ClNO2. The summed E-state index contributed by atoms with van der Waals surface area (Å²) < 4.78 is 4.79. The molecule has 0 saturated heterocycles. The summed E-state index contributed by atoms with van der Waals surface area (Å²) in [5, 5.41) is 3.96. The standard InChI is InChI=1S/C15H20ClNO2/c1-9(2)10-6-12(7-10)17-14-5-4-11(16)8-13(14)15(18)19-3/h4-5,8-10,12,17H,6-7H2,1-3H3. The van der Waals surface area contributed by atoms with Crippen LogP contribution in [0.15, 0.2) is 18.2 Å². The Kier molecular flexibility index (Phi) is 4.35. The molecule has 0 bridgehead atoms. The second-order valence-electron chi connectivity index (χ2n) is 5.50. The van der Waals surface area contributed by atoms with Gasteiger partial charge in [-0.3, -0.25) is 0 Å². The average Bonchev–Trinajstić information content (AvgIpc) is 2.33. The van der Waals surface area contributed by atoms with Crippen molar-refractivity contribution in [2.45, 2.75) is 32.7 Å². The normalized spacial score (nSPS) is 21.9. The molecule has 1 aromatic rings. The van der Waals surface area contributed by atoms with Crippen molar-refractivity contribution in [3.05, 3.63) is 28.8 Å². The summed E-state index contributed by atoms with van der Waals surface area (Å²) in [5.41, 5.74) is 1.31. The minimum absolute atomic E-state index is 0.357. The van der Waals surface area contributed by atoms with Gasteiger partial charge < -0.3 is 10.1 Å². The van der Waals surface area contributed by atoms with Crippen molar-refractivity contribution in [3.8, 4) is 0 Å². The first-order valence-electron chi connectivity index (χ1n) is 6.65. The predicted octanol–water partition coefficient (Wildman–Crippen LogP) is 3.97. The van der Waals surface area contributed by atoms with Crippen molar-refractivity contribution in [1.82, 2.24) is 0 Å². The third-order valence-electron chi connectivity index (χ3n) is 3.86. The van der Waals surface area contributed by atoms with Gasteiger partial charge in [-0.15, -0.1) is 0 Å². The largest absolute Gasteiger partial charge is 0.465 e. The van der Waals surface area contributed by atoms with Gasteiger partial charge in [-0.2, -0.15) is 0 Å². The zero-order valence-electron chi connectivity index (χ0n) is 11.6. The maximum Gasteiger partial charge on any atom is 0.340 e. The number of hydrogen-bond acceptors (Lipinski definition) is 3. The van der Waals surface area contributed by atoms with Crippen LogP contribution in [-0.4, -0.2) is 19.1 Å². The number of ether oxygens (including phenoxy) is 1. The van der Waals surface area contributed by atoms with Crippen LogP contribution in [0.5, 0.6) is 0 Å². The number of benzene rings is 1. The number of anilines is 1. The summed E-state index contributed by atoms with van der Waals surface area (Å²) in [6, 6.07) is 5.72. The fraction of sp³-hybridized carbons (Fsp3) is 0.533. The molecule has 0 aromatic heterocycles. The molecule has 0 aliphatic heterocycles. The molecule has 19 heavy (non-hydrogen) atoms. The summed E-state index contributed by atoms with van der Waals surface area (Å²) >= 11 is 5.93. The van der Waals surface area contributed by atoms with E-state index in [0.717, 1.165) is 30.4 Å². The Hall–Kier alpha value is -1.22. The molecule has 0 heterocycles. The SMILES string of the molecule is COC(=O)c1cc(Cl)ccc1NC1CC(C(C)C)C1. The molecule has 0 radical (unpaired) electrons. The number of hydrogen-bond donors (Lipinski definition) is 1. The maximum absolute atomic E-state index is 11.7. The van der Waals surface area contributed by atoms with E-state index in [2.05, 4.69) is 19.2 Å². The minimum atomic E-state index is -0.357. The molecule has 2 rings (SSSR count). The van der Waals surface area contributed by atoms with Crippen LogP contribution in [0.2, 0.25) is 5.02 Å². The smallest absolute Gasteiger partial charge is 0.340 e. The van der Waals surface area contributed by atoms with Crippen molar-refractivity contribution in [2.24, 2.45) is 11.8 Å². The van der Waals surface area contributed by atoms with Crippen molar-refractivity contribution < 1.29 is 9.53 Å². The van der Waals surface area contributed by atoms with Gasteiger partial charge in [0.1, 0.15) is 0 Å². The van der Waals surface area contributed by atoms with E-state index < -0.39 is 0 Å². The van der Waals surface area contributed by atoms with E-state index in [1.807, 2.05) is 6.07 Å². The lowest BCUT2D eigenvalue weighted by atomic mass is 9.73. The topological polar surface area (TPSA) is 38.3 Å². The highest BCUT2D eigenvalue weighted by Gasteiger charge is 2.31. The second kappa shape index (κ2) is 5.83. The number of rotatable bonds is 4. The predicted molar refractivity (Wildman–Crippen MR) is 77.8 cm³/mol. The van der Waals surface area contributed by atoms with Gasteiger partial charge in [0.05, 0.1) is 12.7 Å². The van der Waals surface area contributed by atoms with Gasteiger partial charge in [0.15, 0.2) is 0 Å². The van der Waals surface area contributed by atoms with Crippen LogP contribution in [0.3, 0.4) is 0 Å². The van der Waals surface area contributed by atoms with E-state index in [1.54, 1.807) is 12.1 Å². The molecule has 1 saturated carbocycles. The third kappa shape index (κ3) is 3.21. The number of carbonyl (C=O) groups is 1. The fourth-order valence-corrected chi connectivity index (χ4v) is 2.64. The highest BCUT2D eigenvalue weighted by Crippen LogP contribution is 2.36. The quantitative estimate of drug-likeness (QED) is 0.849. The maximum atomic E-state index is 11.7. The van der Waals surface area contributed by atoms with Gasteiger partial charge in [-0.1, -0.05) is 25.4 Å². The van der Waals surface area contributed by atoms with Crippen molar-refractivity contribution in [2.75, 3.05) is 12.4 Å². The summed E-state index contributed by atoms with van der Waals surface area (Å²) in [7, 11) is 1.38. The van der Waals surface area contributed by atoms with Gasteiger partial charge in [-0.25, -0.2) is 4.79 Å². The Morgan fingerprint density at radius 3 is 2.68 bits per heavy atom. The molecule has 1 aliphatic rings. The number of methoxy groups -OCH3 is 1. The first-order valence-corrected chi connectivity index (χ1v) is 7.03. The van der Waals surface area contributed by atoms with Gasteiger partial charge in [0, 0.05) is 16.8 Å². The molecule has 0 unspecified atom stereocenters. The Morgan fingerprint density at radius 2 is 2.11 bits per heavy atom. The zero-order valence-corrected chi connectivity index (χ0v) is 12.3. The average molecular weight is 282 g/mol. The lowest BCUT2D eigenvalue weighted by molar-refractivity contribution is 0.0601. The highest BCUT2D eigenvalue weighted by atomic mass is 35.5. The molecule has 4 heteroatoms. The van der Waals surface area contributed by atoms with Crippen LogP contribution in [0.1, 0.15) is 37.0 Å². The van der Waals surface area contributed by atoms with Gasteiger partial charge >= 0.3 is 5.97 Å². The summed E-state index contributed by atoms with van der Waals surface area (Å²) in [4.78, 5) is 11.7. The molecule has 0 atom stereocenters. The van der Waals surface area contributed by atoms with Crippen molar-refractivity contribution >= 4 is 23.3 Å². The monoisotopic (exact) mass is 281 g/mol. The van der Waals surface area contributed by atoms with E-state index in [9.17, 15) is 4.79 Å². The van der Waals surface area contributed by atoms with E-state index in [4.69, 9.17) is 16.3 Å². The molecule has 104 valence electrons. The van der Waals surface area contributed by atoms with Crippen LogP contribution in [0, 0.1) is 11.8 Å². The Bertz CT molecular complexity index is 467. The molecule has 1 fully saturated rings. The number of carbonyl (C=O) groups excluding carboxylic acids is 1. The number of esters is 1. The Labute approximate surface area is 119 Å². The van der Waals surface area contributed by atoms with Crippen molar-refractivity contribution in [3.63, 3.8) is 0 Å². The van der Waals surface area contributed by atoms with Crippen LogP contribution in [0.25, 0.3) is 0 Å². The lowest BCUT2D eigenvalue weighted by Crippen LogP contribution is -2.38.